The van der Waals surface area contributed by atoms with E-state index in [0.717, 1.165) is 19.2 Å². The van der Waals surface area contributed by atoms with E-state index in [1.165, 1.54) is 12.1 Å². The highest BCUT2D eigenvalue weighted by atomic mass is 19.3. The van der Waals surface area contributed by atoms with Gasteiger partial charge in [0.2, 0.25) is 5.88 Å². The van der Waals surface area contributed by atoms with Crippen molar-refractivity contribution in [1.29, 1.82) is 0 Å². The Morgan fingerprint density at radius 1 is 1.21 bits per heavy atom. The zero-order valence-electron chi connectivity index (χ0n) is 15.9. The molecule has 3 heterocycles. The van der Waals surface area contributed by atoms with Gasteiger partial charge >= 0.3 is 0 Å². The molecule has 1 aromatic carbocycles. The van der Waals surface area contributed by atoms with Crippen molar-refractivity contribution < 1.29 is 17.9 Å². The summed E-state index contributed by atoms with van der Waals surface area (Å²) in [5.41, 5.74) is 0.125. The molecule has 0 bridgehead atoms. The van der Waals surface area contributed by atoms with Crippen LogP contribution in [0.5, 0.6) is 5.88 Å². The number of ether oxygens (including phenoxy) is 1. The Hall–Kier alpha value is -2.94. The smallest absolute Gasteiger partial charge is 0.266 e. The van der Waals surface area contributed by atoms with Crippen LogP contribution in [-0.2, 0) is 0 Å². The Morgan fingerprint density at radius 2 is 1.97 bits per heavy atom. The number of nitrogens with zero attached hydrogens (tertiary/aromatic N) is 3. The van der Waals surface area contributed by atoms with E-state index in [1.807, 2.05) is 0 Å². The number of fused-ring (bicyclic) bond motifs is 1. The number of pyridine rings is 1. The molecule has 0 spiro atoms. The quantitative estimate of drug-likeness (QED) is 0.650. The van der Waals surface area contributed by atoms with Gasteiger partial charge in [0.1, 0.15) is 23.6 Å². The van der Waals surface area contributed by atoms with Crippen LogP contribution in [0.1, 0.15) is 36.3 Å². The summed E-state index contributed by atoms with van der Waals surface area (Å²) in [5.74, 6) is 0.493. The highest BCUT2D eigenvalue weighted by molar-refractivity contribution is 5.89. The maximum Gasteiger partial charge on any atom is 0.266 e. The Bertz CT molecular complexity index is 1040. The maximum absolute atomic E-state index is 14.5. The maximum atomic E-state index is 14.5. The number of hydrogen-bond acceptors (Lipinski definition) is 6. The molecule has 0 saturated carbocycles. The van der Waals surface area contributed by atoms with Crippen LogP contribution < -0.4 is 15.4 Å². The number of aromatic nitrogens is 3. The van der Waals surface area contributed by atoms with E-state index >= 15 is 0 Å². The third-order valence-electron chi connectivity index (χ3n) is 4.81. The van der Waals surface area contributed by atoms with Gasteiger partial charge in [0.05, 0.1) is 23.3 Å². The molecule has 1 fully saturated rings. The van der Waals surface area contributed by atoms with E-state index in [2.05, 4.69) is 25.6 Å². The molecule has 1 aliphatic rings. The summed E-state index contributed by atoms with van der Waals surface area (Å²) >= 11 is 0. The summed E-state index contributed by atoms with van der Waals surface area (Å²) in [6.45, 7) is 4.94. The zero-order valence-corrected chi connectivity index (χ0v) is 15.9. The van der Waals surface area contributed by atoms with Crippen LogP contribution in [0.3, 0.4) is 0 Å². The standard InChI is InChI=1S/C20H20F3N5O/c1-10(13-4-3-5-14(18(13)21)19(22)23)26-20-15-6-17(29-12-7-24-8-12)25-9-16(15)27-11(2)28-20/h3-6,9-10,12,19,24H,7-8H2,1-2H3,(H,26,27,28). The monoisotopic (exact) mass is 403 g/mol. The third kappa shape index (κ3) is 3.95. The summed E-state index contributed by atoms with van der Waals surface area (Å²) in [4.78, 5) is 13.1. The molecule has 1 unspecified atom stereocenters. The molecule has 3 aromatic rings. The molecule has 4 rings (SSSR count). The molecule has 0 aliphatic carbocycles. The minimum absolute atomic E-state index is 0.0628. The number of benzene rings is 1. The SMILES string of the molecule is Cc1nc(NC(C)c2cccc(C(F)F)c2F)c2cc(OC3CNC3)ncc2n1. The molecular formula is C20H20F3N5O. The summed E-state index contributed by atoms with van der Waals surface area (Å²) in [5, 5.41) is 6.90. The molecule has 0 amide bonds. The molecule has 6 nitrogen and oxygen atoms in total. The first-order valence-electron chi connectivity index (χ1n) is 9.27. The number of hydrogen-bond donors (Lipinski definition) is 2. The Balaban J connectivity index is 1.67. The van der Waals surface area contributed by atoms with E-state index in [4.69, 9.17) is 4.74 Å². The Morgan fingerprint density at radius 3 is 2.66 bits per heavy atom. The van der Waals surface area contributed by atoms with Gasteiger partial charge in [-0.2, -0.15) is 0 Å². The van der Waals surface area contributed by atoms with E-state index in [9.17, 15) is 13.2 Å². The Kier molecular flexibility index (Phi) is 5.23. The second-order valence-corrected chi connectivity index (χ2v) is 6.97. The molecule has 0 radical (unpaired) electrons. The zero-order chi connectivity index (χ0) is 20.5. The first-order valence-corrected chi connectivity index (χ1v) is 9.27. The van der Waals surface area contributed by atoms with Crippen LogP contribution in [0.2, 0.25) is 0 Å². The van der Waals surface area contributed by atoms with Gasteiger partial charge in [0.25, 0.3) is 6.43 Å². The molecule has 2 N–H and O–H groups in total. The predicted molar refractivity (Wildman–Crippen MR) is 103 cm³/mol. The van der Waals surface area contributed by atoms with Gasteiger partial charge in [-0.1, -0.05) is 18.2 Å². The number of aryl methyl sites for hydroxylation is 1. The topological polar surface area (TPSA) is 72.0 Å². The minimum atomic E-state index is -2.88. The van der Waals surface area contributed by atoms with E-state index in [0.29, 0.717) is 28.4 Å². The van der Waals surface area contributed by atoms with Gasteiger partial charge in [-0.3, -0.25) is 0 Å². The van der Waals surface area contributed by atoms with E-state index < -0.39 is 23.8 Å². The molecule has 9 heteroatoms. The van der Waals surface area contributed by atoms with Crippen molar-refractivity contribution in [2.24, 2.45) is 0 Å². The highest BCUT2D eigenvalue weighted by Gasteiger charge is 2.22. The number of rotatable bonds is 6. The number of nitrogens with one attached hydrogen (secondary N) is 2. The molecule has 1 saturated heterocycles. The molecule has 1 atom stereocenters. The second-order valence-electron chi connectivity index (χ2n) is 6.97. The lowest BCUT2D eigenvalue weighted by atomic mass is 10.0. The van der Waals surface area contributed by atoms with Crippen molar-refractivity contribution in [1.82, 2.24) is 20.3 Å². The van der Waals surface area contributed by atoms with Crippen LogP contribution in [0.15, 0.2) is 30.5 Å². The lowest BCUT2D eigenvalue weighted by Gasteiger charge is -2.27. The number of halogens is 3. The van der Waals surface area contributed by atoms with Crippen molar-refractivity contribution >= 4 is 16.7 Å². The van der Waals surface area contributed by atoms with Crippen molar-refractivity contribution in [3.63, 3.8) is 0 Å². The van der Waals surface area contributed by atoms with Crippen LogP contribution >= 0.6 is 0 Å². The van der Waals surface area contributed by atoms with Crippen LogP contribution in [-0.4, -0.2) is 34.1 Å². The first-order chi connectivity index (χ1) is 13.9. The molecule has 29 heavy (non-hydrogen) atoms. The molecule has 152 valence electrons. The summed E-state index contributed by atoms with van der Waals surface area (Å²) in [7, 11) is 0. The van der Waals surface area contributed by atoms with Gasteiger partial charge in [-0.05, 0) is 13.8 Å². The fourth-order valence-corrected chi connectivity index (χ4v) is 3.17. The number of alkyl halides is 2. The first kappa shape index (κ1) is 19.4. The van der Waals surface area contributed by atoms with Crippen molar-refractivity contribution in [3.8, 4) is 5.88 Å². The Labute approximate surface area is 165 Å². The minimum Gasteiger partial charge on any atom is -0.472 e. The second kappa shape index (κ2) is 7.82. The van der Waals surface area contributed by atoms with E-state index in [1.54, 1.807) is 26.1 Å². The van der Waals surface area contributed by atoms with Gasteiger partial charge in [0, 0.05) is 30.1 Å². The van der Waals surface area contributed by atoms with Crippen LogP contribution in [0, 0.1) is 12.7 Å². The van der Waals surface area contributed by atoms with Gasteiger partial charge in [-0.15, -0.1) is 0 Å². The highest BCUT2D eigenvalue weighted by Crippen LogP contribution is 2.31. The van der Waals surface area contributed by atoms with Crippen molar-refractivity contribution in [2.45, 2.75) is 32.4 Å². The largest absolute Gasteiger partial charge is 0.472 e. The average Bonchev–Trinajstić information content (AvgIpc) is 2.64. The molecule has 1 aliphatic heterocycles. The molecular weight excluding hydrogens is 383 g/mol. The normalized spacial score (nSPS) is 15.4. The third-order valence-corrected chi connectivity index (χ3v) is 4.81. The summed E-state index contributed by atoms with van der Waals surface area (Å²) in [6.07, 6.45) is -1.22. The number of anilines is 1. The predicted octanol–water partition coefficient (Wildman–Crippen LogP) is 3.93. The fraction of sp³-hybridized carbons (Fsp3) is 0.350. The molecule has 2 aromatic heterocycles. The lowest BCUT2D eigenvalue weighted by molar-refractivity contribution is 0.136. The van der Waals surface area contributed by atoms with Gasteiger partial charge in [-0.25, -0.2) is 28.1 Å². The van der Waals surface area contributed by atoms with Crippen molar-refractivity contribution in [2.75, 3.05) is 18.4 Å². The average molecular weight is 403 g/mol. The van der Waals surface area contributed by atoms with Gasteiger partial charge < -0.3 is 15.4 Å². The van der Waals surface area contributed by atoms with Crippen LogP contribution in [0.4, 0.5) is 19.0 Å². The van der Waals surface area contributed by atoms with Crippen LogP contribution in [0.25, 0.3) is 10.9 Å². The van der Waals surface area contributed by atoms with Crippen molar-refractivity contribution in [3.05, 3.63) is 53.2 Å². The summed E-state index contributed by atoms with van der Waals surface area (Å²) in [6, 6.07) is 5.12. The lowest BCUT2D eigenvalue weighted by Crippen LogP contribution is -2.50. The van der Waals surface area contributed by atoms with Gasteiger partial charge in [0.15, 0.2) is 0 Å². The fourth-order valence-electron chi connectivity index (χ4n) is 3.17. The van der Waals surface area contributed by atoms with E-state index in [-0.39, 0.29) is 11.7 Å². The summed E-state index contributed by atoms with van der Waals surface area (Å²) < 4.78 is 46.4.